The molecule has 1 aromatic carbocycles. The summed E-state index contributed by atoms with van der Waals surface area (Å²) in [5, 5.41) is 0. The predicted molar refractivity (Wildman–Crippen MR) is 76.4 cm³/mol. The molecular weight excluding hydrogens is 260 g/mol. The SMILES string of the molecule is ClCC#Cc1cccc(OCCCn2ccnc2)c1. The number of rotatable bonds is 5. The fourth-order valence-electron chi connectivity index (χ4n) is 1.66. The van der Waals surface area contributed by atoms with E-state index in [1.165, 1.54) is 0 Å². The van der Waals surface area contributed by atoms with E-state index in [4.69, 9.17) is 16.3 Å². The maximum absolute atomic E-state index is 5.69. The van der Waals surface area contributed by atoms with Crippen molar-refractivity contribution in [3.63, 3.8) is 0 Å². The Kier molecular flexibility index (Phi) is 5.33. The summed E-state index contributed by atoms with van der Waals surface area (Å²) in [6.07, 6.45) is 6.47. The van der Waals surface area contributed by atoms with Crippen LogP contribution in [0.1, 0.15) is 12.0 Å². The Morgan fingerprint density at radius 2 is 2.32 bits per heavy atom. The standard InChI is InChI=1S/C15H15ClN2O/c16-7-2-5-14-4-1-6-15(12-14)19-11-3-9-18-10-8-17-13-18/h1,4,6,8,10,12-13H,3,7,9,11H2. The molecule has 0 radical (unpaired) electrons. The van der Waals surface area contributed by atoms with Gasteiger partial charge in [0.1, 0.15) is 5.75 Å². The monoisotopic (exact) mass is 274 g/mol. The first-order valence-corrected chi connectivity index (χ1v) is 6.65. The zero-order valence-electron chi connectivity index (χ0n) is 10.6. The lowest BCUT2D eigenvalue weighted by atomic mass is 10.2. The topological polar surface area (TPSA) is 27.1 Å². The van der Waals surface area contributed by atoms with Crippen molar-refractivity contribution in [1.82, 2.24) is 9.55 Å². The smallest absolute Gasteiger partial charge is 0.120 e. The van der Waals surface area contributed by atoms with Crippen LogP contribution >= 0.6 is 11.6 Å². The van der Waals surface area contributed by atoms with Gasteiger partial charge in [-0.1, -0.05) is 17.9 Å². The zero-order valence-corrected chi connectivity index (χ0v) is 11.3. The van der Waals surface area contributed by atoms with E-state index in [1.54, 1.807) is 6.20 Å². The van der Waals surface area contributed by atoms with E-state index in [0.717, 1.165) is 24.3 Å². The Morgan fingerprint density at radius 3 is 3.11 bits per heavy atom. The quantitative estimate of drug-likeness (QED) is 0.476. The number of ether oxygens (including phenoxy) is 1. The molecule has 0 saturated heterocycles. The lowest BCUT2D eigenvalue weighted by Gasteiger charge is -2.06. The van der Waals surface area contributed by atoms with Gasteiger partial charge in [-0.3, -0.25) is 0 Å². The van der Waals surface area contributed by atoms with E-state index in [0.29, 0.717) is 12.5 Å². The third-order valence-corrected chi connectivity index (χ3v) is 2.66. The van der Waals surface area contributed by atoms with Gasteiger partial charge in [0.05, 0.1) is 18.8 Å². The highest BCUT2D eigenvalue weighted by Crippen LogP contribution is 2.12. The van der Waals surface area contributed by atoms with Gasteiger partial charge in [-0.05, 0) is 24.6 Å². The van der Waals surface area contributed by atoms with Crippen LogP contribution in [0.3, 0.4) is 0 Å². The van der Waals surface area contributed by atoms with Gasteiger partial charge in [0.2, 0.25) is 0 Å². The van der Waals surface area contributed by atoms with E-state index in [1.807, 2.05) is 41.4 Å². The minimum atomic E-state index is 0.343. The number of benzene rings is 1. The third kappa shape index (κ3) is 4.69. The second-order valence-electron chi connectivity index (χ2n) is 3.97. The maximum Gasteiger partial charge on any atom is 0.120 e. The van der Waals surface area contributed by atoms with Gasteiger partial charge in [-0.2, -0.15) is 0 Å². The average Bonchev–Trinajstić information content (AvgIpc) is 2.95. The van der Waals surface area contributed by atoms with Crippen molar-refractivity contribution in [3.05, 3.63) is 48.5 Å². The molecule has 2 aromatic rings. The number of hydrogen-bond acceptors (Lipinski definition) is 2. The summed E-state index contributed by atoms with van der Waals surface area (Å²) in [7, 11) is 0. The molecule has 0 aliphatic carbocycles. The number of hydrogen-bond donors (Lipinski definition) is 0. The summed E-state index contributed by atoms with van der Waals surface area (Å²) in [5.41, 5.74) is 0.924. The van der Waals surface area contributed by atoms with Crippen LogP contribution in [-0.4, -0.2) is 22.0 Å². The molecule has 3 nitrogen and oxygen atoms in total. The van der Waals surface area contributed by atoms with Crippen molar-refractivity contribution >= 4 is 11.6 Å². The first kappa shape index (κ1) is 13.5. The molecule has 1 heterocycles. The number of imidazole rings is 1. The first-order valence-electron chi connectivity index (χ1n) is 6.12. The summed E-state index contributed by atoms with van der Waals surface area (Å²) in [5.74, 6) is 6.98. The summed E-state index contributed by atoms with van der Waals surface area (Å²) >= 11 is 5.53. The molecular formula is C15H15ClN2O. The highest BCUT2D eigenvalue weighted by molar-refractivity contribution is 6.19. The normalized spacial score (nSPS) is 9.74. The van der Waals surface area contributed by atoms with E-state index < -0.39 is 0 Å². The van der Waals surface area contributed by atoms with Gasteiger partial charge < -0.3 is 9.30 Å². The van der Waals surface area contributed by atoms with Crippen molar-refractivity contribution in [1.29, 1.82) is 0 Å². The molecule has 0 spiro atoms. The average molecular weight is 275 g/mol. The number of halogens is 1. The van der Waals surface area contributed by atoms with E-state index in [-0.39, 0.29) is 0 Å². The fraction of sp³-hybridized carbons (Fsp3) is 0.267. The van der Waals surface area contributed by atoms with Gasteiger partial charge in [-0.25, -0.2) is 4.98 Å². The molecule has 4 heteroatoms. The van der Waals surface area contributed by atoms with Crippen LogP contribution in [-0.2, 0) is 6.54 Å². The highest BCUT2D eigenvalue weighted by atomic mass is 35.5. The minimum absolute atomic E-state index is 0.343. The van der Waals surface area contributed by atoms with Crippen LogP contribution in [0.5, 0.6) is 5.75 Å². The molecule has 1 aromatic heterocycles. The Balaban J connectivity index is 1.79. The third-order valence-electron chi connectivity index (χ3n) is 2.52. The second kappa shape index (κ2) is 7.50. The summed E-state index contributed by atoms with van der Waals surface area (Å²) in [6, 6.07) is 7.74. The van der Waals surface area contributed by atoms with E-state index in [2.05, 4.69) is 16.8 Å². The maximum atomic E-state index is 5.69. The molecule has 0 aliphatic heterocycles. The van der Waals surface area contributed by atoms with Gasteiger partial charge in [0.25, 0.3) is 0 Å². The molecule has 19 heavy (non-hydrogen) atoms. The molecule has 2 rings (SSSR count). The van der Waals surface area contributed by atoms with Gasteiger partial charge in [-0.15, -0.1) is 11.6 Å². The molecule has 0 N–H and O–H groups in total. The van der Waals surface area contributed by atoms with Crippen molar-refractivity contribution in [3.8, 4) is 17.6 Å². The first-order chi connectivity index (χ1) is 9.38. The Hall–Kier alpha value is -1.92. The molecule has 0 fully saturated rings. The van der Waals surface area contributed by atoms with Crippen LogP contribution in [0.25, 0.3) is 0 Å². The molecule has 0 bridgehead atoms. The van der Waals surface area contributed by atoms with Gasteiger partial charge in [0, 0.05) is 24.5 Å². The second-order valence-corrected chi connectivity index (χ2v) is 4.23. The predicted octanol–water partition coefficient (Wildman–Crippen LogP) is 2.94. The van der Waals surface area contributed by atoms with Crippen LogP contribution in [0.2, 0.25) is 0 Å². The molecule has 0 amide bonds. The van der Waals surface area contributed by atoms with Crippen molar-refractivity contribution < 1.29 is 4.74 Å². The summed E-state index contributed by atoms with van der Waals surface area (Å²) in [6.45, 7) is 1.58. The zero-order chi connectivity index (χ0) is 13.3. The summed E-state index contributed by atoms with van der Waals surface area (Å²) in [4.78, 5) is 4.00. The Morgan fingerprint density at radius 1 is 1.37 bits per heavy atom. The largest absolute Gasteiger partial charge is 0.493 e. The Labute approximate surface area is 118 Å². The lowest BCUT2D eigenvalue weighted by Crippen LogP contribution is -2.03. The lowest BCUT2D eigenvalue weighted by molar-refractivity contribution is 0.301. The van der Waals surface area contributed by atoms with Crippen LogP contribution < -0.4 is 4.74 Å². The van der Waals surface area contributed by atoms with Crippen LogP contribution in [0, 0.1) is 11.8 Å². The summed E-state index contributed by atoms with van der Waals surface area (Å²) < 4.78 is 7.72. The van der Waals surface area contributed by atoms with Gasteiger partial charge in [0.15, 0.2) is 0 Å². The van der Waals surface area contributed by atoms with E-state index >= 15 is 0 Å². The van der Waals surface area contributed by atoms with Crippen molar-refractivity contribution in [2.45, 2.75) is 13.0 Å². The number of aryl methyl sites for hydroxylation is 1. The fourth-order valence-corrected chi connectivity index (χ4v) is 1.72. The molecule has 0 unspecified atom stereocenters. The molecule has 0 atom stereocenters. The van der Waals surface area contributed by atoms with Crippen molar-refractivity contribution in [2.75, 3.05) is 12.5 Å². The van der Waals surface area contributed by atoms with Gasteiger partial charge >= 0.3 is 0 Å². The molecule has 0 aliphatic rings. The highest BCUT2D eigenvalue weighted by Gasteiger charge is 1.96. The Bertz CT molecular complexity index is 555. The number of alkyl halides is 1. The van der Waals surface area contributed by atoms with Crippen LogP contribution in [0.15, 0.2) is 43.0 Å². The van der Waals surface area contributed by atoms with Crippen molar-refractivity contribution in [2.24, 2.45) is 0 Å². The number of aromatic nitrogens is 2. The van der Waals surface area contributed by atoms with E-state index in [9.17, 15) is 0 Å². The van der Waals surface area contributed by atoms with Crippen LogP contribution in [0.4, 0.5) is 0 Å². The minimum Gasteiger partial charge on any atom is -0.493 e. The molecule has 98 valence electrons. The number of nitrogens with zero attached hydrogens (tertiary/aromatic N) is 2. The molecule has 0 saturated carbocycles.